The van der Waals surface area contributed by atoms with E-state index in [1.54, 1.807) is 16.7 Å². The Balaban J connectivity index is 1.67. The van der Waals surface area contributed by atoms with Gasteiger partial charge in [0.2, 0.25) is 0 Å². The minimum atomic E-state index is -0.632. The van der Waals surface area contributed by atoms with Gasteiger partial charge in [0, 0.05) is 27.2 Å². The predicted molar refractivity (Wildman–Crippen MR) is 96.3 cm³/mol. The van der Waals surface area contributed by atoms with Crippen LogP contribution in [0, 0.1) is 0 Å². The zero-order chi connectivity index (χ0) is 17.1. The number of fused-ring (bicyclic) bond motifs is 1. The lowest BCUT2D eigenvalue weighted by Gasteiger charge is -2.28. The first-order chi connectivity index (χ1) is 11.5. The minimum absolute atomic E-state index is 0.217. The molecule has 1 aliphatic heterocycles. The van der Waals surface area contributed by atoms with Gasteiger partial charge in [0.15, 0.2) is 6.61 Å². The fourth-order valence-corrected chi connectivity index (χ4v) is 3.91. The van der Waals surface area contributed by atoms with Gasteiger partial charge in [-0.3, -0.25) is 4.79 Å². The fraction of sp³-hybridized carbons (Fsp3) is 0.176. The van der Waals surface area contributed by atoms with Gasteiger partial charge >= 0.3 is 5.97 Å². The van der Waals surface area contributed by atoms with Crippen LogP contribution in [0.2, 0.25) is 10.0 Å². The molecule has 2 aromatic rings. The van der Waals surface area contributed by atoms with Gasteiger partial charge in [0.05, 0.1) is 11.3 Å². The summed E-state index contributed by atoms with van der Waals surface area (Å²) in [6.07, 6.45) is 0. The van der Waals surface area contributed by atoms with Crippen molar-refractivity contribution in [2.24, 2.45) is 0 Å². The van der Waals surface area contributed by atoms with Crippen LogP contribution in [0.5, 0.6) is 0 Å². The van der Waals surface area contributed by atoms with Crippen LogP contribution in [0.4, 0.5) is 5.69 Å². The first-order valence-corrected chi connectivity index (χ1v) is 8.94. The number of carbonyl (C=O) groups excluding carboxylic acids is 2. The summed E-state index contributed by atoms with van der Waals surface area (Å²) in [7, 11) is 0. The number of nitrogens with zero attached hydrogens (tertiary/aromatic N) is 1. The number of halogens is 2. The van der Waals surface area contributed by atoms with Gasteiger partial charge < -0.3 is 9.64 Å². The molecular formula is C17H13Cl2NO3S. The van der Waals surface area contributed by atoms with Crippen molar-refractivity contribution in [1.82, 2.24) is 0 Å². The summed E-state index contributed by atoms with van der Waals surface area (Å²) >= 11 is 13.4. The Morgan fingerprint density at radius 1 is 1.12 bits per heavy atom. The highest BCUT2D eigenvalue weighted by Gasteiger charge is 2.23. The van der Waals surface area contributed by atoms with E-state index in [9.17, 15) is 9.59 Å². The number of hydrogen-bond donors (Lipinski definition) is 0. The number of thioether (sulfide) groups is 1. The maximum atomic E-state index is 12.4. The Kier molecular flexibility index (Phi) is 5.33. The quantitative estimate of drug-likeness (QED) is 0.743. The van der Waals surface area contributed by atoms with Crippen LogP contribution in [-0.2, 0) is 9.53 Å². The molecule has 1 amide bonds. The zero-order valence-corrected chi connectivity index (χ0v) is 14.8. The SMILES string of the molecule is O=C(OCC(=O)N1CCSc2ccccc21)c1cc(Cl)cc(Cl)c1. The highest BCUT2D eigenvalue weighted by Crippen LogP contribution is 2.34. The van der Waals surface area contributed by atoms with Gasteiger partial charge in [0.25, 0.3) is 5.91 Å². The monoisotopic (exact) mass is 381 g/mol. The molecule has 0 unspecified atom stereocenters. The molecule has 0 radical (unpaired) electrons. The van der Waals surface area contributed by atoms with E-state index in [1.807, 2.05) is 24.3 Å². The summed E-state index contributed by atoms with van der Waals surface area (Å²) in [4.78, 5) is 27.2. The molecule has 0 spiro atoms. The van der Waals surface area contributed by atoms with E-state index in [0.717, 1.165) is 16.3 Å². The van der Waals surface area contributed by atoms with Crippen molar-refractivity contribution in [1.29, 1.82) is 0 Å². The molecule has 0 bridgehead atoms. The molecule has 0 aromatic heterocycles. The first kappa shape index (κ1) is 17.1. The molecule has 0 atom stereocenters. The van der Waals surface area contributed by atoms with Crippen LogP contribution in [0.1, 0.15) is 10.4 Å². The number of esters is 1. The molecular weight excluding hydrogens is 369 g/mol. The van der Waals surface area contributed by atoms with Gasteiger partial charge in [-0.25, -0.2) is 4.79 Å². The summed E-state index contributed by atoms with van der Waals surface area (Å²) in [5, 5.41) is 0.672. The molecule has 1 aliphatic rings. The second-order valence-corrected chi connectivity index (χ2v) is 7.11. The predicted octanol–water partition coefficient (Wildman–Crippen LogP) is 4.29. The molecule has 0 N–H and O–H groups in total. The molecule has 0 aliphatic carbocycles. The molecule has 2 aromatic carbocycles. The molecule has 4 nitrogen and oxygen atoms in total. The average Bonchev–Trinajstić information content (AvgIpc) is 2.58. The number of amides is 1. The van der Waals surface area contributed by atoms with Crippen LogP contribution < -0.4 is 4.90 Å². The van der Waals surface area contributed by atoms with E-state index >= 15 is 0 Å². The van der Waals surface area contributed by atoms with E-state index in [-0.39, 0.29) is 18.1 Å². The number of anilines is 1. The van der Waals surface area contributed by atoms with Crippen molar-refractivity contribution in [2.45, 2.75) is 4.90 Å². The van der Waals surface area contributed by atoms with Crippen molar-refractivity contribution in [3.8, 4) is 0 Å². The van der Waals surface area contributed by atoms with Crippen LogP contribution >= 0.6 is 35.0 Å². The Bertz CT molecular complexity index is 777. The summed E-state index contributed by atoms with van der Waals surface area (Å²) in [5.74, 6) is -0.0858. The Morgan fingerprint density at radius 3 is 2.58 bits per heavy atom. The van der Waals surface area contributed by atoms with Crippen LogP contribution in [0.25, 0.3) is 0 Å². The number of benzene rings is 2. The van der Waals surface area contributed by atoms with Crippen molar-refractivity contribution in [2.75, 3.05) is 23.8 Å². The summed E-state index contributed by atoms with van der Waals surface area (Å²) in [6, 6.07) is 12.1. The topological polar surface area (TPSA) is 46.6 Å². The molecule has 24 heavy (non-hydrogen) atoms. The lowest BCUT2D eigenvalue weighted by atomic mass is 10.2. The first-order valence-electron chi connectivity index (χ1n) is 7.20. The lowest BCUT2D eigenvalue weighted by Crippen LogP contribution is -2.38. The third kappa shape index (κ3) is 3.86. The van der Waals surface area contributed by atoms with E-state index in [2.05, 4.69) is 0 Å². The van der Waals surface area contributed by atoms with Crippen LogP contribution in [0.3, 0.4) is 0 Å². The second-order valence-electron chi connectivity index (χ2n) is 5.10. The van der Waals surface area contributed by atoms with Crippen LogP contribution in [-0.4, -0.2) is 30.8 Å². The molecule has 3 rings (SSSR count). The minimum Gasteiger partial charge on any atom is -0.452 e. The molecule has 0 fully saturated rings. The van der Waals surface area contributed by atoms with Gasteiger partial charge in [0.1, 0.15) is 0 Å². The van der Waals surface area contributed by atoms with Gasteiger partial charge in [-0.05, 0) is 30.3 Å². The van der Waals surface area contributed by atoms with E-state index in [4.69, 9.17) is 27.9 Å². The maximum absolute atomic E-state index is 12.4. The zero-order valence-electron chi connectivity index (χ0n) is 12.5. The van der Waals surface area contributed by atoms with Crippen molar-refractivity contribution in [3.63, 3.8) is 0 Å². The smallest absolute Gasteiger partial charge is 0.338 e. The standard InChI is InChI=1S/C17H13Cl2NO3S/c18-12-7-11(8-13(19)9-12)17(22)23-10-16(21)20-5-6-24-15-4-2-1-3-14(15)20/h1-4,7-9H,5-6,10H2. The van der Waals surface area contributed by atoms with Gasteiger partial charge in [-0.15, -0.1) is 11.8 Å². The van der Waals surface area contributed by atoms with Crippen molar-refractivity contribution in [3.05, 3.63) is 58.1 Å². The summed E-state index contributed by atoms with van der Waals surface area (Å²) in [6.45, 7) is 0.253. The Hall–Kier alpha value is -1.69. The maximum Gasteiger partial charge on any atom is 0.338 e. The van der Waals surface area contributed by atoms with Crippen molar-refractivity contribution >= 4 is 52.5 Å². The van der Waals surface area contributed by atoms with Crippen molar-refractivity contribution < 1.29 is 14.3 Å². The fourth-order valence-electron chi connectivity index (χ4n) is 2.39. The number of hydrogen-bond acceptors (Lipinski definition) is 4. The number of ether oxygens (including phenoxy) is 1. The highest BCUT2D eigenvalue weighted by atomic mass is 35.5. The Morgan fingerprint density at radius 2 is 1.83 bits per heavy atom. The lowest BCUT2D eigenvalue weighted by molar-refractivity contribution is -0.121. The molecule has 0 saturated carbocycles. The number of carbonyl (C=O) groups is 2. The summed E-state index contributed by atoms with van der Waals surface area (Å²) < 4.78 is 5.11. The van der Waals surface area contributed by atoms with Gasteiger partial charge in [-0.2, -0.15) is 0 Å². The normalized spacial score (nSPS) is 13.3. The van der Waals surface area contributed by atoms with Gasteiger partial charge in [-0.1, -0.05) is 35.3 Å². The molecule has 124 valence electrons. The number of rotatable bonds is 3. The van der Waals surface area contributed by atoms with E-state index < -0.39 is 5.97 Å². The largest absolute Gasteiger partial charge is 0.452 e. The molecule has 1 heterocycles. The highest BCUT2D eigenvalue weighted by molar-refractivity contribution is 7.99. The Labute approximate surface area is 153 Å². The molecule has 0 saturated heterocycles. The number of para-hydroxylation sites is 1. The third-order valence-electron chi connectivity index (χ3n) is 3.45. The van der Waals surface area contributed by atoms with E-state index in [0.29, 0.717) is 16.6 Å². The average molecular weight is 382 g/mol. The van der Waals surface area contributed by atoms with Crippen LogP contribution in [0.15, 0.2) is 47.4 Å². The third-order valence-corrected chi connectivity index (χ3v) is 4.93. The second kappa shape index (κ2) is 7.47. The van der Waals surface area contributed by atoms with E-state index in [1.165, 1.54) is 18.2 Å². The molecule has 7 heteroatoms. The summed E-state index contributed by atoms with van der Waals surface area (Å²) in [5.41, 5.74) is 1.07.